The van der Waals surface area contributed by atoms with E-state index in [0.717, 1.165) is 11.3 Å². The van der Waals surface area contributed by atoms with Crippen molar-refractivity contribution in [2.24, 2.45) is 5.92 Å². The van der Waals surface area contributed by atoms with Gasteiger partial charge in [0.25, 0.3) is 5.56 Å². The number of allylic oxidation sites excluding steroid dienone is 1. The summed E-state index contributed by atoms with van der Waals surface area (Å²) >= 11 is 2.89. The molecule has 0 unspecified atom stereocenters. The van der Waals surface area contributed by atoms with E-state index in [4.69, 9.17) is 4.52 Å². The molecule has 0 N–H and O–H groups in total. The lowest BCUT2D eigenvalue weighted by Crippen LogP contribution is -2.22. The van der Waals surface area contributed by atoms with Crippen molar-refractivity contribution in [1.29, 1.82) is 0 Å². The molecular formula is C16H18N4O2S2. The third-order valence-corrected chi connectivity index (χ3v) is 5.06. The van der Waals surface area contributed by atoms with Crippen LogP contribution in [0.15, 0.2) is 38.6 Å². The van der Waals surface area contributed by atoms with Gasteiger partial charge in [0.1, 0.15) is 4.83 Å². The number of hydrogen-bond donors (Lipinski definition) is 0. The Balaban J connectivity index is 1.83. The second kappa shape index (κ2) is 7.31. The summed E-state index contributed by atoms with van der Waals surface area (Å²) in [6.07, 6.45) is 2.46. The van der Waals surface area contributed by atoms with Crippen molar-refractivity contribution in [2.45, 2.75) is 37.7 Å². The van der Waals surface area contributed by atoms with Crippen LogP contribution in [0.1, 0.15) is 25.6 Å². The Kier molecular flexibility index (Phi) is 5.15. The van der Waals surface area contributed by atoms with Gasteiger partial charge in [0.05, 0.1) is 11.1 Å². The molecule has 3 aromatic heterocycles. The Hall–Kier alpha value is -1.93. The second-order valence-electron chi connectivity index (χ2n) is 5.73. The maximum Gasteiger partial charge on any atom is 0.263 e. The molecule has 0 aliphatic carbocycles. The van der Waals surface area contributed by atoms with Crippen LogP contribution in [0.3, 0.4) is 0 Å². The highest BCUT2D eigenvalue weighted by Crippen LogP contribution is 2.23. The zero-order valence-electron chi connectivity index (χ0n) is 13.6. The summed E-state index contributed by atoms with van der Waals surface area (Å²) in [4.78, 5) is 22.3. The fourth-order valence-corrected chi connectivity index (χ4v) is 3.90. The van der Waals surface area contributed by atoms with Gasteiger partial charge in [-0.15, -0.1) is 17.9 Å². The van der Waals surface area contributed by atoms with E-state index in [1.165, 1.54) is 23.1 Å². The minimum atomic E-state index is -0.0442. The van der Waals surface area contributed by atoms with Crippen molar-refractivity contribution < 1.29 is 4.52 Å². The highest BCUT2D eigenvalue weighted by molar-refractivity contribution is 7.98. The van der Waals surface area contributed by atoms with Gasteiger partial charge in [-0.2, -0.15) is 4.98 Å². The maximum absolute atomic E-state index is 12.6. The van der Waals surface area contributed by atoms with Crippen molar-refractivity contribution in [1.82, 2.24) is 19.7 Å². The van der Waals surface area contributed by atoms with Crippen molar-refractivity contribution in [3.63, 3.8) is 0 Å². The summed E-state index contributed by atoms with van der Waals surface area (Å²) < 4.78 is 6.87. The maximum atomic E-state index is 12.6. The van der Waals surface area contributed by atoms with E-state index in [2.05, 4.69) is 35.6 Å². The number of rotatable bonds is 7. The van der Waals surface area contributed by atoms with Gasteiger partial charge in [0, 0.05) is 13.0 Å². The minimum Gasteiger partial charge on any atom is -0.339 e. The van der Waals surface area contributed by atoms with Gasteiger partial charge in [0.2, 0.25) is 5.89 Å². The first-order valence-corrected chi connectivity index (χ1v) is 9.48. The molecule has 0 aliphatic heterocycles. The molecule has 0 amide bonds. The Morgan fingerprint density at radius 1 is 1.46 bits per heavy atom. The summed E-state index contributed by atoms with van der Waals surface area (Å²) in [5.41, 5.74) is -0.0442. The fraction of sp³-hybridized carbons (Fsp3) is 0.375. The molecule has 126 valence electrons. The van der Waals surface area contributed by atoms with Crippen LogP contribution in [0, 0.1) is 5.92 Å². The molecule has 3 heterocycles. The first-order valence-electron chi connectivity index (χ1n) is 7.61. The molecule has 0 spiro atoms. The molecular weight excluding hydrogens is 344 g/mol. The van der Waals surface area contributed by atoms with E-state index in [0.29, 0.717) is 40.5 Å². The molecule has 0 aromatic carbocycles. The van der Waals surface area contributed by atoms with Gasteiger partial charge < -0.3 is 4.52 Å². The summed E-state index contributed by atoms with van der Waals surface area (Å²) in [6.45, 7) is 8.35. The monoisotopic (exact) mass is 362 g/mol. The summed E-state index contributed by atoms with van der Waals surface area (Å²) in [7, 11) is 0. The van der Waals surface area contributed by atoms with E-state index < -0.39 is 0 Å². The van der Waals surface area contributed by atoms with Crippen molar-refractivity contribution >= 4 is 33.3 Å². The average molecular weight is 362 g/mol. The van der Waals surface area contributed by atoms with Crippen LogP contribution in [-0.2, 0) is 18.7 Å². The highest BCUT2D eigenvalue weighted by Gasteiger charge is 2.14. The lowest BCUT2D eigenvalue weighted by Gasteiger charge is -2.08. The first kappa shape index (κ1) is 16.9. The number of aromatic nitrogens is 4. The number of fused-ring (bicyclic) bond motifs is 1. The van der Waals surface area contributed by atoms with Crippen LogP contribution in [0.2, 0.25) is 0 Å². The Bertz CT molecular complexity index is 910. The van der Waals surface area contributed by atoms with Crippen molar-refractivity contribution in [3.05, 3.63) is 46.2 Å². The smallest absolute Gasteiger partial charge is 0.263 e. The SMILES string of the molecule is C=CCn1c(SCc2noc(CC(C)C)n2)nc2sccc2c1=O. The van der Waals surface area contributed by atoms with Crippen molar-refractivity contribution in [3.8, 4) is 0 Å². The van der Waals surface area contributed by atoms with Gasteiger partial charge in [0.15, 0.2) is 11.0 Å². The Morgan fingerprint density at radius 2 is 2.29 bits per heavy atom. The molecule has 0 saturated carbocycles. The second-order valence-corrected chi connectivity index (χ2v) is 7.57. The Morgan fingerprint density at radius 3 is 3.04 bits per heavy atom. The standard InChI is InChI=1S/C16H18N4O2S2/c1-4-6-20-15(21)11-5-7-23-14(11)18-16(20)24-9-12-17-13(22-19-12)8-10(2)3/h4-5,7,10H,1,6,8-9H2,2-3H3. The van der Waals surface area contributed by atoms with Crippen LogP contribution in [-0.4, -0.2) is 19.7 Å². The summed E-state index contributed by atoms with van der Waals surface area (Å²) in [5, 5.41) is 7.16. The van der Waals surface area contributed by atoms with E-state index >= 15 is 0 Å². The molecule has 0 fully saturated rings. The quantitative estimate of drug-likeness (QED) is 0.364. The predicted octanol–water partition coefficient (Wildman–Crippen LogP) is 3.52. The largest absolute Gasteiger partial charge is 0.339 e. The summed E-state index contributed by atoms with van der Waals surface area (Å²) in [6, 6.07) is 1.81. The van der Waals surface area contributed by atoms with Gasteiger partial charge in [-0.3, -0.25) is 9.36 Å². The lowest BCUT2D eigenvalue weighted by atomic mass is 10.1. The van der Waals surface area contributed by atoms with E-state index in [1.54, 1.807) is 16.7 Å². The van der Waals surface area contributed by atoms with Gasteiger partial charge in [-0.25, -0.2) is 4.98 Å². The molecule has 0 radical (unpaired) electrons. The fourth-order valence-electron chi connectivity index (χ4n) is 2.24. The molecule has 3 aromatic rings. The number of thiophene rings is 1. The van der Waals surface area contributed by atoms with Crippen LogP contribution in [0.4, 0.5) is 0 Å². The minimum absolute atomic E-state index is 0.0442. The molecule has 0 atom stereocenters. The molecule has 0 saturated heterocycles. The van der Waals surface area contributed by atoms with Crippen LogP contribution in [0.25, 0.3) is 10.2 Å². The van der Waals surface area contributed by atoms with E-state index in [-0.39, 0.29) is 5.56 Å². The molecule has 24 heavy (non-hydrogen) atoms. The predicted molar refractivity (Wildman–Crippen MR) is 96.5 cm³/mol. The lowest BCUT2D eigenvalue weighted by molar-refractivity contribution is 0.360. The topological polar surface area (TPSA) is 73.8 Å². The third kappa shape index (κ3) is 3.59. The van der Waals surface area contributed by atoms with Gasteiger partial charge >= 0.3 is 0 Å². The van der Waals surface area contributed by atoms with Crippen LogP contribution >= 0.6 is 23.1 Å². The summed E-state index contributed by atoms with van der Waals surface area (Å²) in [5.74, 6) is 2.22. The van der Waals surface area contributed by atoms with E-state index in [1.807, 2.05) is 5.38 Å². The average Bonchev–Trinajstić information content (AvgIpc) is 3.17. The highest BCUT2D eigenvalue weighted by atomic mass is 32.2. The van der Waals surface area contributed by atoms with Gasteiger partial charge in [-0.1, -0.05) is 36.8 Å². The Labute approximate surface area is 147 Å². The van der Waals surface area contributed by atoms with Crippen molar-refractivity contribution in [2.75, 3.05) is 0 Å². The molecule has 6 nitrogen and oxygen atoms in total. The zero-order valence-corrected chi connectivity index (χ0v) is 15.2. The molecule has 0 bridgehead atoms. The third-order valence-electron chi connectivity index (χ3n) is 3.28. The number of hydrogen-bond acceptors (Lipinski definition) is 7. The molecule has 3 rings (SSSR count). The number of thioether (sulfide) groups is 1. The molecule has 8 heteroatoms. The number of nitrogens with zero attached hydrogens (tertiary/aromatic N) is 4. The zero-order chi connectivity index (χ0) is 17.1. The normalized spacial score (nSPS) is 11.5. The first-order chi connectivity index (χ1) is 11.6. The van der Waals surface area contributed by atoms with E-state index in [9.17, 15) is 4.79 Å². The van der Waals surface area contributed by atoms with Gasteiger partial charge in [-0.05, 0) is 17.4 Å². The van der Waals surface area contributed by atoms with Crippen LogP contribution in [0.5, 0.6) is 0 Å². The molecule has 0 aliphatic rings. The van der Waals surface area contributed by atoms with Crippen LogP contribution < -0.4 is 5.56 Å².